The number of urea groups is 1. The number of pyridine rings is 1. The van der Waals surface area contributed by atoms with Gasteiger partial charge in [-0.1, -0.05) is 6.07 Å². The predicted octanol–water partition coefficient (Wildman–Crippen LogP) is 0.123. The van der Waals surface area contributed by atoms with Crippen molar-refractivity contribution >= 4 is 21.8 Å². The van der Waals surface area contributed by atoms with E-state index in [0.717, 1.165) is 0 Å². The molecule has 3 amide bonds. The third-order valence-electron chi connectivity index (χ3n) is 4.49. The van der Waals surface area contributed by atoms with E-state index < -0.39 is 21.9 Å². The normalized spacial score (nSPS) is 24.9. The predicted molar refractivity (Wildman–Crippen MR) is 91.9 cm³/mol. The molecule has 1 aromatic rings. The Morgan fingerprint density at radius 3 is 2.40 bits per heavy atom. The van der Waals surface area contributed by atoms with Crippen molar-refractivity contribution in [1.82, 2.24) is 20.1 Å². The average Bonchev–Trinajstić information content (AvgIpc) is 2.88. The summed E-state index contributed by atoms with van der Waals surface area (Å²) in [7, 11) is -3.31. The fraction of sp³-hybridized carbons (Fsp3) is 0.562. The molecule has 2 aliphatic heterocycles. The maximum Gasteiger partial charge on any atom is 0.318 e. The molecule has 2 atom stereocenters. The summed E-state index contributed by atoms with van der Waals surface area (Å²) < 4.78 is 24.4. The molecule has 2 saturated heterocycles. The summed E-state index contributed by atoms with van der Waals surface area (Å²) in [5.74, 6) is -0.534. The number of hydrogen-bond donors (Lipinski definition) is 1. The summed E-state index contributed by atoms with van der Waals surface area (Å²) in [6, 6.07) is 3.66. The van der Waals surface area contributed by atoms with Crippen LogP contribution in [0.1, 0.15) is 24.3 Å². The first-order valence-electron chi connectivity index (χ1n) is 8.28. The average molecular weight is 366 g/mol. The van der Waals surface area contributed by atoms with Gasteiger partial charge < -0.3 is 15.1 Å². The van der Waals surface area contributed by atoms with Gasteiger partial charge in [-0.05, 0) is 26.0 Å². The molecule has 0 radical (unpaired) electrons. The Morgan fingerprint density at radius 1 is 1.16 bits per heavy atom. The highest BCUT2D eigenvalue weighted by molar-refractivity contribution is 7.91. The molecule has 9 heteroatoms. The van der Waals surface area contributed by atoms with Crippen LogP contribution in [-0.4, -0.2) is 77.9 Å². The number of fused-ring (bicyclic) bond motifs is 1. The van der Waals surface area contributed by atoms with Gasteiger partial charge in [-0.25, -0.2) is 13.2 Å². The summed E-state index contributed by atoms with van der Waals surface area (Å²) in [6.45, 7) is 4.29. The minimum Gasteiger partial charge on any atom is -0.336 e. The van der Waals surface area contributed by atoms with Crippen LogP contribution >= 0.6 is 0 Å². The molecule has 3 rings (SSSR count). The van der Waals surface area contributed by atoms with E-state index >= 15 is 0 Å². The Bertz CT molecular complexity index is 766. The molecule has 1 N–H and O–H groups in total. The summed E-state index contributed by atoms with van der Waals surface area (Å²) in [5.41, 5.74) is 0.283. The molecule has 2 aliphatic rings. The van der Waals surface area contributed by atoms with Crippen LogP contribution in [0.25, 0.3) is 0 Å². The second-order valence-corrected chi connectivity index (χ2v) is 8.88. The SMILES string of the molecule is CC(C)NC(=O)N1CCN(C(=O)c2ccccn2)C2CS(=O)(=O)CC21. The van der Waals surface area contributed by atoms with Crippen LogP contribution in [0.5, 0.6) is 0 Å². The lowest BCUT2D eigenvalue weighted by molar-refractivity contribution is 0.0420. The second-order valence-electron chi connectivity index (χ2n) is 6.72. The first kappa shape index (κ1) is 17.7. The first-order valence-corrected chi connectivity index (χ1v) is 10.1. The fourth-order valence-electron chi connectivity index (χ4n) is 3.42. The van der Waals surface area contributed by atoms with Gasteiger partial charge in [0, 0.05) is 25.3 Å². The quantitative estimate of drug-likeness (QED) is 0.802. The Kier molecular flexibility index (Phi) is 4.68. The Labute approximate surface area is 147 Å². The monoisotopic (exact) mass is 366 g/mol. The number of sulfone groups is 1. The molecule has 8 nitrogen and oxygen atoms in total. The van der Waals surface area contributed by atoms with Crippen molar-refractivity contribution < 1.29 is 18.0 Å². The van der Waals surface area contributed by atoms with Crippen LogP contribution in [-0.2, 0) is 9.84 Å². The van der Waals surface area contributed by atoms with Crippen molar-refractivity contribution in [2.75, 3.05) is 24.6 Å². The van der Waals surface area contributed by atoms with E-state index in [2.05, 4.69) is 10.3 Å². The summed E-state index contributed by atoms with van der Waals surface area (Å²) in [5, 5.41) is 2.80. The van der Waals surface area contributed by atoms with Crippen LogP contribution in [0.3, 0.4) is 0 Å². The maximum atomic E-state index is 12.8. The van der Waals surface area contributed by atoms with Gasteiger partial charge in [-0.2, -0.15) is 0 Å². The number of hydrogen-bond acceptors (Lipinski definition) is 5. The highest BCUT2D eigenvalue weighted by Crippen LogP contribution is 2.28. The lowest BCUT2D eigenvalue weighted by atomic mass is 10.0. The van der Waals surface area contributed by atoms with Gasteiger partial charge in [-0.3, -0.25) is 9.78 Å². The van der Waals surface area contributed by atoms with Crippen LogP contribution in [0.15, 0.2) is 24.4 Å². The molecule has 3 heterocycles. The van der Waals surface area contributed by atoms with E-state index in [9.17, 15) is 18.0 Å². The molecule has 1 aromatic heterocycles. The van der Waals surface area contributed by atoms with Gasteiger partial charge in [0.2, 0.25) is 0 Å². The Morgan fingerprint density at radius 2 is 1.80 bits per heavy atom. The third kappa shape index (κ3) is 3.60. The molecule has 0 bridgehead atoms. The minimum absolute atomic E-state index is 0.0443. The number of aromatic nitrogens is 1. The molecule has 25 heavy (non-hydrogen) atoms. The Hall–Kier alpha value is -2.16. The number of carbonyl (C=O) groups is 2. The molecule has 0 spiro atoms. The van der Waals surface area contributed by atoms with Gasteiger partial charge in [0.15, 0.2) is 9.84 Å². The molecular formula is C16H22N4O4S. The lowest BCUT2D eigenvalue weighted by Crippen LogP contribution is -2.63. The van der Waals surface area contributed by atoms with Crippen molar-refractivity contribution in [3.05, 3.63) is 30.1 Å². The van der Waals surface area contributed by atoms with Gasteiger partial charge >= 0.3 is 6.03 Å². The number of nitrogens with zero attached hydrogens (tertiary/aromatic N) is 3. The van der Waals surface area contributed by atoms with E-state index in [1.807, 2.05) is 13.8 Å². The van der Waals surface area contributed by atoms with E-state index in [-0.39, 0.29) is 41.7 Å². The van der Waals surface area contributed by atoms with Crippen LogP contribution in [0.4, 0.5) is 4.79 Å². The second kappa shape index (κ2) is 6.62. The zero-order chi connectivity index (χ0) is 18.2. The van der Waals surface area contributed by atoms with Crippen LogP contribution in [0.2, 0.25) is 0 Å². The molecular weight excluding hydrogens is 344 g/mol. The first-order chi connectivity index (χ1) is 11.8. The summed E-state index contributed by atoms with van der Waals surface area (Å²) in [6.07, 6.45) is 1.53. The molecule has 0 aliphatic carbocycles. The summed E-state index contributed by atoms with van der Waals surface area (Å²) in [4.78, 5) is 32.3. The van der Waals surface area contributed by atoms with Crippen molar-refractivity contribution in [1.29, 1.82) is 0 Å². The Balaban J connectivity index is 1.86. The van der Waals surface area contributed by atoms with E-state index in [1.165, 1.54) is 6.20 Å². The van der Waals surface area contributed by atoms with E-state index in [4.69, 9.17) is 0 Å². The molecule has 0 aromatic carbocycles. The van der Waals surface area contributed by atoms with Crippen LogP contribution < -0.4 is 5.32 Å². The topological polar surface area (TPSA) is 99.7 Å². The van der Waals surface area contributed by atoms with E-state index in [0.29, 0.717) is 6.54 Å². The zero-order valence-electron chi connectivity index (χ0n) is 14.3. The number of carbonyl (C=O) groups excluding carboxylic acids is 2. The molecule has 0 saturated carbocycles. The maximum absolute atomic E-state index is 12.8. The van der Waals surface area contributed by atoms with Gasteiger partial charge in [0.1, 0.15) is 5.69 Å². The number of amides is 3. The van der Waals surface area contributed by atoms with Crippen molar-refractivity contribution in [2.24, 2.45) is 0 Å². The standard InChI is InChI=1S/C16H22N4O4S/c1-11(2)18-16(22)20-8-7-19(13-9-25(23,24)10-14(13)20)15(21)12-5-3-4-6-17-12/h3-6,11,13-14H,7-10H2,1-2H3,(H,18,22). The number of rotatable bonds is 2. The smallest absolute Gasteiger partial charge is 0.318 e. The van der Waals surface area contributed by atoms with Crippen LogP contribution in [0, 0.1) is 0 Å². The molecule has 2 fully saturated rings. The largest absolute Gasteiger partial charge is 0.336 e. The highest BCUT2D eigenvalue weighted by atomic mass is 32.2. The van der Waals surface area contributed by atoms with E-state index in [1.54, 1.807) is 28.0 Å². The molecule has 136 valence electrons. The van der Waals surface area contributed by atoms with Gasteiger partial charge in [-0.15, -0.1) is 0 Å². The minimum atomic E-state index is -3.31. The van der Waals surface area contributed by atoms with Crippen molar-refractivity contribution in [3.63, 3.8) is 0 Å². The lowest BCUT2D eigenvalue weighted by Gasteiger charge is -2.43. The number of piperazine rings is 1. The fourth-order valence-corrected chi connectivity index (χ4v) is 5.40. The zero-order valence-corrected chi connectivity index (χ0v) is 15.1. The third-order valence-corrected chi connectivity index (χ3v) is 6.19. The molecule has 2 unspecified atom stereocenters. The van der Waals surface area contributed by atoms with Gasteiger partial charge in [0.25, 0.3) is 5.91 Å². The van der Waals surface area contributed by atoms with Crippen molar-refractivity contribution in [2.45, 2.75) is 32.0 Å². The van der Waals surface area contributed by atoms with Gasteiger partial charge in [0.05, 0.1) is 23.6 Å². The summed E-state index contributed by atoms with van der Waals surface area (Å²) >= 11 is 0. The number of nitrogens with one attached hydrogen (secondary N) is 1. The van der Waals surface area contributed by atoms with Crippen molar-refractivity contribution in [3.8, 4) is 0 Å². The highest BCUT2D eigenvalue weighted by Gasteiger charge is 2.49.